The number of hydrogen-bond acceptors (Lipinski definition) is 4. The first-order valence-corrected chi connectivity index (χ1v) is 8.32. The maximum atomic E-state index is 13.3. The van der Waals surface area contributed by atoms with Crippen LogP contribution in [0, 0.1) is 26.6 Å². The van der Waals surface area contributed by atoms with E-state index in [0.717, 1.165) is 18.2 Å². The van der Waals surface area contributed by atoms with E-state index >= 15 is 0 Å². The molecule has 0 aliphatic rings. The third kappa shape index (κ3) is 3.24. The number of phenols is 1. The summed E-state index contributed by atoms with van der Waals surface area (Å²) in [6.45, 7) is 5.08. The molecule has 2 N–H and O–H groups in total. The molecule has 2 aromatic rings. The molecule has 0 aliphatic heterocycles. The average molecular weight is 339 g/mol. The number of benzene rings is 2. The van der Waals surface area contributed by atoms with Gasteiger partial charge in [-0.2, -0.15) is 0 Å². The molecular weight excluding hydrogens is 321 g/mol. The van der Waals surface area contributed by atoms with Crippen molar-refractivity contribution in [3.8, 4) is 11.5 Å². The molecular formula is C16H18FNO4S. The molecule has 5 nitrogen and oxygen atoms in total. The van der Waals surface area contributed by atoms with Gasteiger partial charge < -0.3 is 9.84 Å². The van der Waals surface area contributed by atoms with Crippen LogP contribution in [0.2, 0.25) is 0 Å². The number of aromatic hydroxyl groups is 1. The summed E-state index contributed by atoms with van der Waals surface area (Å²) in [5.74, 6) is -0.414. The van der Waals surface area contributed by atoms with E-state index in [4.69, 9.17) is 4.74 Å². The highest BCUT2D eigenvalue weighted by Crippen LogP contribution is 2.33. The van der Waals surface area contributed by atoms with Crippen LogP contribution in [-0.4, -0.2) is 20.6 Å². The zero-order chi connectivity index (χ0) is 17.4. The van der Waals surface area contributed by atoms with Crippen molar-refractivity contribution in [2.45, 2.75) is 25.7 Å². The van der Waals surface area contributed by atoms with Crippen LogP contribution >= 0.6 is 0 Å². The Balaban J connectivity index is 2.57. The van der Waals surface area contributed by atoms with Crippen LogP contribution in [0.5, 0.6) is 11.5 Å². The summed E-state index contributed by atoms with van der Waals surface area (Å²) in [7, 11) is -2.48. The van der Waals surface area contributed by atoms with Gasteiger partial charge in [0.2, 0.25) is 0 Å². The monoisotopic (exact) mass is 339 g/mol. The highest BCUT2D eigenvalue weighted by Gasteiger charge is 2.24. The molecule has 0 spiro atoms. The number of anilines is 1. The number of ether oxygens (including phenoxy) is 1. The number of methoxy groups -OCH3 is 1. The minimum atomic E-state index is -3.99. The maximum Gasteiger partial charge on any atom is 0.262 e. The van der Waals surface area contributed by atoms with Gasteiger partial charge in [-0.05, 0) is 55.7 Å². The van der Waals surface area contributed by atoms with E-state index in [1.165, 1.54) is 7.11 Å². The lowest BCUT2D eigenvalue weighted by Gasteiger charge is -2.17. The molecule has 0 fully saturated rings. The molecule has 0 atom stereocenters. The first-order valence-electron chi connectivity index (χ1n) is 6.83. The molecule has 0 aromatic heterocycles. The molecule has 7 heteroatoms. The summed E-state index contributed by atoms with van der Waals surface area (Å²) in [6, 6.07) is 4.68. The molecule has 0 saturated heterocycles. The van der Waals surface area contributed by atoms with E-state index in [0.29, 0.717) is 22.4 Å². The predicted octanol–water partition coefficient (Wildman–Crippen LogP) is 3.27. The Morgan fingerprint density at radius 2 is 1.78 bits per heavy atom. The summed E-state index contributed by atoms with van der Waals surface area (Å²) in [5.41, 5.74) is 1.51. The molecule has 23 heavy (non-hydrogen) atoms. The average Bonchev–Trinajstić information content (AvgIpc) is 2.46. The van der Waals surface area contributed by atoms with Crippen LogP contribution in [0.1, 0.15) is 16.7 Å². The number of aryl methyl sites for hydroxylation is 1. The fourth-order valence-electron chi connectivity index (χ4n) is 2.43. The van der Waals surface area contributed by atoms with Crippen molar-refractivity contribution in [1.82, 2.24) is 0 Å². The van der Waals surface area contributed by atoms with Crippen molar-refractivity contribution in [2.24, 2.45) is 0 Å². The van der Waals surface area contributed by atoms with Gasteiger partial charge in [0.1, 0.15) is 17.3 Å². The smallest absolute Gasteiger partial charge is 0.262 e. The lowest BCUT2D eigenvalue weighted by molar-refractivity contribution is 0.410. The largest absolute Gasteiger partial charge is 0.506 e. The number of nitrogens with one attached hydrogen (secondary N) is 1. The third-order valence-electron chi connectivity index (χ3n) is 3.67. The third-order valence-corrected chi connectivity index (χ3v) is 5.32. The molecule has 0 heterocycles. The lowest BCUT2D eigenvalue weighted by atomic mass is 10.1. The second kappa shape index (κ2) is 6.08. The predicted molar refractivity (Wildman–Crippen MR) is 86.1 cm³/mol. The second-order valence-corrected chi connectivity index (χ2v) is 6.86. The molecule has 2 rings (SSSR count). The number of sulfonamides is 1. The minimum absolute atomic E-state index is 0.0828. The fraction of sp³-hybridized carbons (Fsp3) is 0.250. The Labute approximate surface area is 134 Å². The van der Waals surface area contributed by atoms with E-state index in [9.17, 15) is 17.9 Å². The van der Waals surface area contributed by atoms with Crippen molar-refractivity contribution in [2.75, 3.05) is 11.8 Å². The number of hydrogen-bond donors (Lipinski definition) is 2. The van der Waals surface area contributed by atoms with Gasteiger partial charge in [0, 0.05) is 6.07 Å². The first-order chi connectivity index (χ1) is 10.7. The molecule has 0 unspecified atom stereocenters. The molecule has 0 saturated carbocycles. The van der Waals surface area contributed by atoms with Gasteiger partial charge in [-0.25, -0.2) is 12.8 Å². The summed E-state index contributed by atoms with van der Waals surface area (Å²) < 4.78 is 46.1. The van der Waals surface area contributed by atoms with Crippen LogP contribution in [0.25, 0.3) is 0 Å². The summed E-state index contributed by atoms with van der Waals surface area (Å²) >= 11 is 0. The minimum Gasteiger partial charge on any atom is -0.506 e. The van der Waals surface area contributed by atoms with Gasteiger partial charge in [0.05, 0.1) is 17.7 Å². The molecule has 0 bridgehead atoms. The molecule has 0 amide bonds. The highest BCUT2D eigenvalue weighted by molar-refractivity contribution is 7.92. The van der Waals surface area contributed by atoms with Gasteiger partial charge in [0.25, 0.3) is 10.0 Å². The zero-order valence-electron chi connectivity index (χ0n) is 13.3. The Morgan fingerprint density at radius 3 is 2.39 bits per heavy atom. The van der Waals surface area contributed by atoms with Gasteiger partial charge in [0.15, 0.2) is 0 Å². The summed E-state index contributed by atoms with van der Waals surface area (Å²) in [4.78, 5) is 0.0828. The van der Waals surface area contributed by atoms with E-state index in [1.54, 1.807) is 26.8 Å². The molecule has 0 radical (unpaired) electrons. The Hall–Kier alpha value is -2.28. The van der Waals surface area contributed by atoms with Crippen molar-refractivity contribution in [3.63, 3.8) is 0 Å². The van der Waals surface area contributed by atoms with Crippen LogP contribution in [0.4, 0.5) is 10.1 Å². The maximum absolute atomic E-state index is 13.3. The van der Waals surface area contributed by atoms with Crippen LogP contribution in [0.15, 0.2) is 29.2 Å². The highest BCUT2D eigenvalue weighted by atomic mass is 32.2. The van der Waals surface area contributed by atoms with Crippen molar-refractivity contribution in [3.05, 3.63) is 46.8 Å². The van der Waals surface area contributed by atoms with Crippen molar-refractivity contribution >= 4 is 15.7 Å². The quantitative estimate of drug-likeness (QED) is 0.838. The second-order valence-electron chi connectivity index (χ2n) is 5.24. The first kappa shape index (κ1) is 17.1. The van der Waals surface area contributed by atoms with E-state index in [2.05, 4.69) is 4.72 Å². The zero-order valence-corrected chi connectivity index (χ0v) is 14.1. The fourth-order valence-corrected chi connectivity index (χ4v) is 4.03. The number of halogens is 1. The van der Waals surface area contributed by atoms with E-state index < -0.39 is 15.8 Å². The van der Waals surface area contributed by atoms with Crippen LogP contribution < -0.4 is 9.46 Å². The number of rotatable bonds is 4. The SMILES string of the molecule is COc1cc(C)c(S(=O)(=O)Nc2cc(F)ccc2O)c(C)c1C. The number of phenolic OH excluding ortho intramolecular Hbond substituents is 1. The Bertz CT molecular complexity index is 863. The molecule has 124 valence electrons. The molecule has 0 aliphatic carbocycles. The van der Waals surface area contributed by atoms with E-state index in [1.807, 2.05) is 0 Å². The van der Waals surface area contributed by atoms with Crippen LogP contribution in [-0.2, 0) is 10.0 Å². The van der Waals surface area contributed by atoms with Gasteiger partial charge in [-0.15, -0.1) is 0 Å². The summed E-state index contributed by atoms with van der Waals surface area (Å²) in [6.07, 6.45) is 0. The standard InChI is InChI=1S/C16H18FNO4S/c1-9-7-15(22-4)10(2)11(3)16(9)23(20,21)18-13-8-12(17)5-6-14(13)19/h5-8,18-19H,1-4H3. The van der Waals surface area contributed by atoms with Gasteiger partial charge in [-0.1, -0.05) is 0 Å². The van der Waals surface area contributed by atoms with Crippen molar-refractivity contribution < 1.29 is 22.7 Å². The summed E-state index contributed by atoms with van der Waals surface area (Å²) in [5, 5.41) is 9.71. The van der Waals surface area contributed by atoms with Gasteiger partial charge in [-0.3, -0.25) is 4.72 Å². The normalized spacial score (nSPS) is 11.3. The molecule has 2 aromatic carbocycles. The lowest BCUT2D eigenvalue weighted by Crippen LogP contribution is -2.17. The van der Waals surface area contributed by atoms with Gasteiger partial charge >= 0.3 is 0 Å². The van der Waals surface area contributed by atoms with E-state index in [-0.39, 0.29) is 16.3 Å². The topological polar surface area (TPSA) is 75.6 Å². The Kier molecular flexibility index (Phi) is 4.51. The van der Waals surface area contributed by atoms with Crippen LogP contribution in [0.3, 0.4) is 0 Å². The Morgan fingerprint density at radius 1 is 1.13 bits per heavy atom. The van der Waals surface area contributed by atoms with Crippen molar-refractivity contribution in [1.29, 1.82) is 0 Å².